The monoisotopic (exact) mass is 281 g/mol. The van der Waals surface area contributed by atoms with Gasteiger partial charge in [-0.05, 0) is 0 Å². The van der Waals surface area contributed by atoms with Crippen LogP contribution in [0.15, 0.2) is 12.7 Å². The number of nitrogens with zero attached hydrogens (tertiary/aromatic N) is 4. The van der Waals surface area contributed by atoms with Crippen molar-refractivity contribution in [1.29, 1.82) is 0 Å². The van der Waals surface area contributed by atoms with E-state index in [4.69, 9.17) is 22.7 Å². The number of aliphatic hydroxyl groups is 2. The fourth-order valence-corrected chi connectivity index (χ4v) is 2.31. The molecule has 0 radical (unpaired) electrons. The quantitative estimate of drug-likeness (QED) is 0.601. The van der Waals surface area contributed by atoms with Crippen LogP contribution in [-0.2, 0) is 4.74 Å². The molecule has 19 heavy (non-hydrogen) atoms. The van der Waals surface area contributed by atoms with Crippen LogP contribution in [0.25, 0.3) is 11.2 Å². The van der Waals surface area contributed by atoms with E-state index in [1.807, 2.05) is 0 Å². The topological polar surface area (TPSA) is 119 Å². The minimum atomic E-state index is -1.13. The normalized spacial score (nSPS) is 30.8. The molecule has 0 amide bonds. The van der Waals surface area contributed by atoms with Crippen molar-refractivity contribution in [1.82, 2.24) is 19.5 Å². The Labute approximate surface area is 112 Å². The van der Waals surface area contributed by atoms with Gasteiger partial charge in [-0.25, -0.2) is 15.0 Å². The van der Waals surface area contributed by atoms with Crippen molar-refractivity contribution in [2.24, 2.45) is 0 Å². The molecule has 100 valence electrons. The molecule has 1 fully saturated rings. The van der Waals surface area contributed by atoms with Crippen molar-refractivity contribution >= 4 is 34.6 Å². The second kappa shape index (κ2) is 4.46. The highest BCUT2D eigenvalue weighted by Crippen LogP contribution is 2.31. The minimum Gasteiger partial charge on any atom is -0.387 e. The van der Waals surface area contributed by atoms with Crippen LogP contribution in [0, 0.1) is 0 Å². The Bertz CT molecular complexity index is 633. The van der Waals surface area contributed by atoms with Crippen LogP contribution in [0.1, 0.15) is 6.23 Å². The van der Waals surface area contributed by atoms with Crippen LogP contribution < -0.4 is 5.73 Å². The first-order chi connectivity index (χ1) is 9.13. The SMILES string of the molecule is Nc1ncnc2c1ncn2[C@@H]1O[C@H](C=S)[C@@H](O)[C@H]1O. The maximum absolute atomic E-state index is 9.99. The number of imidazole rings is 1. The molecule has 1 aliphatic heterocycles. The molecular weight excluding hydrogens is 270 g/mol. The van der Waals surface area contributed by atoms with Gasteiger partial charge in [0.25, 0.3) is 0 Å². The average molecular weight is 281 g/mol. The third kappa shape index (κ3) is 1.78. The van der Waals surface area contributed by atoms with Gasteiger partial charge in [-0.3, -0.25) is 4.57 Å². The maximum atomic E-state index is 9.99. The summed E-state index contributed by atoms with van der Waals surface area (Å²) in [5, 5.41) is 21.1. The molecule has 0 unspecified atom stereocenters. The number of aromatic nitrogens is 4. The molecule has 0 aromatic carbocycles. The maximum Gasteiger partial charge on any atom is 0.167 e. The van der Waals surface area contributed by atoms with E-state index in [0.717, 1.165) is 0 Å². The van der Waals surface area contributed by atoms with Gasteiger partial charge in [0.15, 0.2) is 17.7 Å². The van der Waals surface area contributed by atoms with Crippen molar-refractivity contribution in [2.75, 3.05) is 5.73 Å². The first-order valence-corrected chi connectivity index (χ1v) is 6.00. The fraction of sp³-hybridized carbons (Fsp3) is 0.400. The summed E-state index contributed by atoms with van der Waals surface area (Å²) in [6, 6.07) is 0. The van der Waals surface area contributed by atoms with Gasteiger partial charge in [-0.1, -0.05) is 12.2 Å². The molecule has 2 aromatic heterocycles. The van der Waals surface area contributed by atoms with Gasteiger partial charge < -0.3 is 20.7 Å². The second-order valence-electron chi connectivity index (χ2n) is 4.19. The lowest BCUT2D eigenvalue weighted by Gasteiger charge is -2.16. The number of ether oxygens (including phenoxy) is 1. The van der Waals surface area contributed by atoms with Gasteiger partial charge in [0.05, 0.1) is 6.33 Å². The zero-order valence-corrected chi connectivity index (χ0v) is 10.4. The highest BCUT2D eigenvalue weighted by Gasteiger charge is 2.43. The molecule has 3 heterocycles. The van der Waals surface area contributed by atoms with Crippen LogP contribution in [0.2, 0.25) is 0 Å². The smallest absolute Gasteiger partial charge is 0.167 e. The number of nitrogens with two attached hydrogens (primary N) is 1. The predicted molar refractivity (Wildman–Crippen MR) is 69.3 cm³/mol. The van der Waals surface area contributed by atoms with Gasteiger partial charge in [0, 0.05) is 5.37 Å². The lowest BCUT2D eigenvalue weighted by Crippen LogP contribution is -2.31. The predicted octanol–water partition coefficient (Wildman–Crippen LogP) is -0.973. The van der Waals surface area contributed by atoms with E-state index in [-0.39, 0.29) is 5.82 Å². The van der Waals surface area contributed by atoms with Crippen LogP contribution in [-0.4, -0.2) is 53.4 Å². The average Bonchev–Trinajstić information content (AvgIpc) is 2.94. The van der Waals surface area contributed by atoms with Gasteiger partial charge >= 0.3 is 0 Å². The van der Waals surface area contributed by atoms with Crippen molar-refractivity contribution in [3.63, 3.8) is 0 Å². The largest absolute Gasteiger partial charge is 0.387 e. The summed E-state index contributed by atoms with van der Waals surface area (Å²) in [5.41, 5.74) is 6.52. The molecule has 9 heteroatoms. The number of hydrogen-bond donors (Lipinski definition) is 3. The highest BCUT2D eigenvalue weighted by atomic mass is 32.1. The van der Waals surface area contributed by atoms with E-state index < -0.39 is 24.5 Å². The molecule has 0 saturated carbocycles. The Morgan fingerprint density at radius 2 is 2.11 bits per heavy atom. The Balaban J connectivity index is 2.06. The molecule has 8 nitrogen and oxygen atoms in total. The van der Waals surface area contributed by atoms with Crippen molar-refractivity contribution in [2.45, 2.75) is 24.5 Å². The number of aliphatic hydroxyl groups excluding tert-OH is 2. The zero-order chi connectivity index (χ0) is 13.6. The first-order valence-electron chi connectivity index (χ1n) is 5.53. The Morgan fingerprint density at radius 3 is 2.79 bits per heavy atom. The summed E-state index contributed by atoms with van der Waals surface area (Å²) in [4.78, 5) is 12.0. The fourth-order valence-electron chi connectivity index (χ4n) is 2.08. The van der Waals surface area contributed by atoms with Gasteiger partial charge in [0.1, 0.15) is 30.2 Å². The molecule has 3 rings (SSSR count). The van der Waals surface area contributed by atoms with Crippen molar-refractivity contribution < 1.29 is 14.9 Å². The summed E-state index contributed by atoms with van der Waals surface area (Å²) >= 11 is 4.75. The molecule has 2 aromatic rings. The van der Waals surface area contributed by atoms with E-state index in [0.29, 0.717) is 11.2 Å². The minimum absolute atomic E-state index is 0.239. The van der Waals surface area contributed by atoms with E-state index in [1.54, 1.807) is 0 Å². The van der Waals surface area contributed by atoms with Gasteiger partial charge in [-0.15, -0.1) is 0 Å². The number of fused-ring (bicyclic) bond motifs is 1. The Morgan fingerprint density at radius 1 is 1.32 bits per heavy atom. The van der Waals surface area contributed by atoms with Crippen LogP contribution in [0.4, 0.5) is 5.82 Å². The van der Waals surface area contributed by atoms with E-state index in [1.165, 1.54) is 22.6 Å². The second-order valence-corrected chi connectivity index (χ2v) is 4.46. The highest BCUT2D eigenvalue weighted by molar-refractivity contribution is 7.79. The first kappa shape index (κ1) is 12.4. The third-order valence-electron chi connectivity index (χ3n) is 3.07. The molecule has 1 aliphatic rings. The van der Waals surface area contributed by atoms with Crippen LogP contribution in [0.3, 0.4) is 0 Å². The Hall–Kier alpha value is -1.68. The van der Waals surface area contributed by atoms with Crippen LogP contribution >= 0.6 is 12.2 Å². The number of thiocarbonyl (C=S) groups is 1. The van der Waals surface area contributed by atoms with Crippen molar-refractivity contribution in [3.8, 4) is 0 Å². The molecule has 0 spiro atoms. The molecule has 1 saturated heterocycles. The molecule has 4 N–H and O–H groups in total. The Kier molecular flexibility index (Phi) is 2.90. The summed E-state index contributed by atoms with van der Waals surface area (Å²) in [7, 11) is 0. The summed E-state index contributed by atoms with van der Waals surface area (Å²) in [6.07, 6.45) is -1.02. The number of nitrogen functional groups attached to an aromatic ring is 1. The van der Waals surface area contributed by atoms with E-state index >= 15 is 0 Å². The summed E-state index contributed by atoms with van der Waals surface area (Å²) in [6.45, 7) is 0. The molecular formula is C10H11N5O3S. The standard InChI is InChI=1S/C10H11N5O3S/c11-8-5-9(13-2-12-8)15(3-14-5)10-7(17)6(16)4(1-19)18-10/h1-4,6-7,10,16-17H,(H2,11,12,13)/t4-,6-,7-,10-/m1/s1. The molecule has 0 aliphatic carbocycles. The lowest BCUT2D eigenvalue weighted by molar-refractivity contribution is -0.0209. The van der Waals surface area contributed by atoms with Gasteiger partial charge in [0.2, 0.25) is 0 Å². The lowest BCUT2D eigenvalue weighted by atomic mass is 10.1. The zero-order valence-electron chi connectivity index (χ0n) is 9.62. The van der Waals surface area contributed by atoms with Crippen molar-refractivity contribution in [3.05, 3.63) is 12.7 Å². The number of anilines is 1. The number of rotatable bonds is 2. The number of hydrogen-bond acceptors (Lipinski definition) is 8. The summed E-state index contributed by atoms with van der Waals surface area (Å²) < 4.78 is 6.99. The third-order valence-corrected chi connectivity index (χ3v) is 3.34. The van der Waals surface area contributed by atoms with E-state index in [2.05, 4.69) is 15.0 Å². The van der Waals surface area contributed by atoms with Crippen LogP contribution in [0.5, 0.6) is 0 Å². The molecule has 4 atom stereocenters. The summed E-state index contributed by atoms with van der Waals surface area (Å²) in [5.74, 6) is 0.239. The van der Waals surface area contributed by atoms with E-state index in [9.17, 15) is 10.2 Å². The van der Waals surface area contributed by atoms with Gasteiger partial charge in [-0.2, -0.15) is 0 Å². The molecule has 0 bridgehead atoms.